The Labute approximate surface area is 83.5 Å². The smallest absolute Gasteiger partial charge is 0.0459 e. The van der Waals surface area contributed by atoms with Crippen molar-refractivity contribution in [3.8, 4) is 0 Å². The minimum absolute atomic E-state index is 0.375. The van der Waals surface area contributed by atoms with Crippen molar-refractivity contribution in [3.63, 3.8) is 0 Å². The van der Waals surface area contributed by atoms with Crippen LogP contribution in [0.4, 0.5) is 0 Å². The first kappa shape index (κ1) is 13.0. The molecular formula is C12H26O. The molecule has 0 heterocycles. The van der Waals surface area contributed by atoms with Crippen LogP contribution in [0.1, 0.15) is 59.3 Å². The highest BCUT2D eigenvalue weighted by Crippen LogP contribution is 2.23. The summed E-state index contributed by atoms with van der Waals surface area (Å²) in [7, 11) is 0. The molecule has 1 N–H and O–H groups in total. The fourth-order valence-corrected chi connectivity index (χ4v) is 2.04. The largest absolute Gasteiger partial charge is 0.396 e. The Kier molecular flexibility index (Phi) is 8.53. The topological polar surface area (TPSA) is 20.2 Å². The summed E-state index contributed by atoms with van der Waals surface area (Å²) in [6.07, 6.45) is 7.60. The van der Waals surface area contributed by atoms with E-state index in [2.05, 4.69) is 20.8 Å². The van der Waals surface area contributed by atoms with Gasteiger partial charge in [-0.05, 0) is 18.3 Å². The monoisotopic (exact) mass is 186 g/mol. The SMILES string of the molecule is CCCC(CCC)CC(CC)CO. The van der Waals surface area contributed by atoms with E-state index in [1.807, 2.05) is 0 Å². The van der Waals surface area contributed by atoms with E-state index in [4.69, 9.17) is 5.11 Å². The second kappa shape index (κ2) is 8.55. The predicted molar refractivity (Wildman–Crippen MR) is 58.8 cm³/mol. The number of aliphatic hydroxyl groups excluding tert-OH is 1. The van der Waals surface area contributed by atoms with Crippen molar-refractivity contribution in [2.45, 2.75) is 59.3 Å². The molecule has 1 unspecified atom stereocenters. The van der Waals surface area contributed by atoms with Crippen molar-refractivity contribution >= 4 is 0 Å². The maximum absolute atomic E-state index is 9.11. The molecule has 1 atom stereocenters. The van der Waals surface area contributed by atoms with Crippen molar-refractivity contribution in [2.75, 3.05) is 6.61 Å². The molecule has 1 nitrogen and oxygen atoms in total. The van der Waals surface area contributed by atoms with E-state index >= 15 is 0 Å². The molecule has 13 heavy (non-hydrogen) atoms. The number of aliphatic hydroxyl groups is 1. The van der Waals surface area contributed by atoms with Crippen LogP contribution in [0, 0.1) is 11.8 Å². The van der Waals surface area contributed by atoms with Gasteiger partial charge < -0.3 is 5.11 Å². The van der Waals surface area contributed by atoms with E-state index in [1.54, 1.807) is 0 Å². The third-order valence-corrected chi connectivity index (χ3v) is 2.90. The molecule has 0 spiro atoms. The Morgan fingerprint density at radius 2 is 1.46 bits per heavy atom. The summed E-state index contributed by atoms with van der Waals surface area (Å²) in [4.78, 5) is 0. The van der Waals surface area contributed by atoms with Crippen molar-refractivity contribution in [3.05, 3.63) is 0 Å². The summed E-state index contributed by atoms with van der Waals surface area (Å²) < 4.78 is 0. The van der Waals surface area contributed by atoms with Gasteiger partial charge in [0.1, 0.15) is 0 Å². The Morgan fingerprint density at radius 3 is 1.77 bits per heavy atom. The zero-order valence-electron chi connectivity index (χ0n) is 9.55. The highest BCUT2D eigenvalue weighted by molar-refractivity contribution is 4.64. The van der Waals surface area contributed by atoms with Crippen LogP contribution in [0.5, 0.6) is 0 Å². The zero-order valence-corrected chi connectivity index (χ0v) is 9.55. The Morgan fingerprint density at radius 1 is 0.923 bits per heavy atom. The van der Waals surface area contributed by atoms with Gasteiger partial charge >= 0.3 is 0 Å². The molecule has 0 saturated heterocycles. The third-order valence-electron chi connectivity index (χ3n) is 2.90. The molecule has 0 aliphatic carbocycles. The van der Waals surface area contributed by atoms with Crippen molar-refractivity contribution < 1.29 is 5.11 Å². The molecule has 0 aliphatic heterocycles. The van der Waals surface area contributed by atoms with Crippen molar-refractivity contribution in [2.24, 2.45) is 11.8 Å². The Bertz CT molecular complexity index is 91.3. The molecule has 0 radical (unpaired) electrons. The van der Waals surface area contributed by atoms with Gasteiger partial charge in [0.25, 0.3) is 0 Å². The van der Waals surface area contributed by atoms with Gasteiger partial charge in [0, 0.05) is 6.61 Å². The summed E-state index contributed by atoms with van der Waals surface area (Å²) in [6.45, 7) is 7.06. The highest BCUT2D eigenvalue weighted by Gasteiger charge is 2.12. The molecular weight excluding hydrogens is 160 g/mol. The van der Waals surface area contributed by atoms with E-state index in [-0.39, 0.29) is 0 Å². The van der Waals surface area contributed by atoms with Gasteiger partial charge in [0.2, 0.25) is 0 Å². The lowest BCUT2D eigenvalue weighted by atomic mass is 9.87. The summed E-state index contributed by atoms with van der Waals surface area (Å²) in [5.74, 6) is 1.40. The van der Waals surface area contributed by atoms with Gasteiger partial charge in [-0.3, -0.25) is 0 Å². The number of hydrogen-bond acceptors (Lipinski definition) is 1. The molecule has 0 aliphatic rings. The van der Waals surface area contributed by atoms with Crippen LogP contribution in [0.25, 0.3) is 0 Å². The molecule has 0 aromatic heterocycles. The van der Waals surface area contributed by atoms with Crippen LogP contribution in [0.15, 0.2) is 0 Å². The van der Waals surface area contributed by atoms with Gasteiger partial charge in [0.15, 0.2) is 0 Å². The van der Waals surface area contributed by atoms with Crippen LogP contribution in [-0.4, -0.2) is 11.7 Å². The van der Waals surface area contributed by atoms with Gasteiger partial charge in [-0.2, -0.15) is 0 Å². The van der Waals surface area contributed by atoms with E-state index < -0.39 is 0 Å². The quantitative estimate of drug-likeness (QED) is 0.614. The average Bonchev–Trinajstić information content (AvgIpc) is 2.14. The maximum atomic E-state index is 9.11. The molecule has 0 aromatic rings. The molecule has 0 fully saturated rings. The molecule has 0 amide bonds. The van der Waals surface area contributed by atoms with Gasteiger partial charge in [0.05, 0.1) is 0 Å². The Balaban J connectivity index is 3.76. The molecule has 0 aromatic carbocycles. The van der Waals surface area contributed by atoms with Crippen LogP contribution in [-0.2, 0) is 0 Å². The van der Waals surface area contributed by atoms with Crippen LogP contribution in [0.3, 0.4) is 0 Å². The van der Waals surface area contributed by atoms with Crippen molar-refractivity contribution in [1.82, 2.24) is 0 Å². The summed E-state index contributed by atoms with van der Waals surface area (Å²) in [6, 6.07) is 0. The predicted octanol–water partition coefficient (Wildman–Crippen LogP) is 3.61. The normalized spacial score (nSPS) is 13.6. The number of rotatable bonds is 8. The fraction of sp³-hybridized carbons (Fsp3) is 1.00. The zero-order chi connectivity index (χ0) is 10.1. The lowest BCUT2D eigenvalue weighted by Crippen LogP contribution is -2.11. The molecule has 0 rings (SSSR count). The minimum Gasteiger partial charge on any atom is -0.396 e. The standard InChI is InChI=1S/C12H26O/c1-4-7-12(8-5-2)9-11(6-3)10-13/h11-13H,4-10H2,1-3H3. The second-order valence-corrected chi connectivity index (χ2v) is 4.14. The first-order chi connectivity index (χ1) is 6.28. The molecule has 80 valence electrons. The minimum atomic E-state index is 0.375. The summed E-state index contributed by atoms with van der Waals surface area (Å²) >= 11 is 0. The molecule has 0 bridgehead atoms. The van der Waals surface area contributed by atoms with Gasteiger partial charge in [-0.25, -0.2) is 0 Å². The highest BCUT2D eigenvalue weighted by atomic mass is 16.3. The first-order valence-corrected chi connectivity index (χ1v) is 5.89. The average molecular weight is 186 g/mol. The molecule has 1 heteroatoms. The summed E-state index contributed by atoms with van der Waals surface area (Å²) in [5, 5.41) is 9.11. The molecule has 0 saturated carbocycles. The summed E-state index contributed by atoms with van der Waals surface area (Å²) in [5.41, 5.74) is 0. The van der Waals surface area contributed by atoms with Gasteiger partial charge in [-0.1, -0.05) is 52.9 Å². The van der Waals surface area contributed by atoms with E-state index in [0.29, 0.717) is 12.5 Å². The van der Waals surface area contributed by atoms with E-state index in [1.165, 1.54) is 32.1 Å². The van der Waals surface area contributed by atoms with Crippen LogP contribution < -0.4 is 0 Å². The van der Waals surface area contributed by atoms with Crippen molar-refractivity contribution in [1.29, 1.82) is 0 Å². The maximum Gasteiger partial charge on any atom is 0.0459 e. The van der Waals surface area contributed by atoms with Crippen LogP contribution >= 0.6 is 0 Å². The Hall–Kier alpha value is -0.0400. The van der Waals surface area contributed by atoms with E-state index in [0.717, 1.165) is 12.3 Å². The first-order valence-electron chi connectivity index (χ1n) is 5.89. The lowest BCUT2D eigenvalue weighted by Gasteiger charge is -2.20. The fourth-order valence-electron chi connectivity index (χ4n) is 2.04. The third kappa shape index (κ3) is 6.09. The van der Waals surface area contributed by atoms with E-state index in [9.17, 15) is 0 Å². The number of hydrogen-bond donors (Lipinski definition) is 1. The lowest BCUT2D eigenvalue weighted by molar-refractivity contribution is 0.189. The second-order valence-electron chi connectivity index (χ2n) is 4.14. The van der Waals surface area contributed by atoms with Gasteiger partial charge in [-0.15, -0.1) is 0 Å². The van der Waals surface area contributed by atoms with Crippen LogP contribution in [0.2, 0.25) is 0 Å².